The van der Waals surface area contributed by atoms with Crippen molar-refractivity contribution in [2.24, 2.45) is 0 Å². The molecule has 0 saturated carbocycles. The molecule has 0 aliphatic heterocycles. The number of aromatic nitrogens is 2. The summed E-state index contributed by atoms with van der Waals surface area (Å²) in [5.74, 6) is 0.137. The number of ether oxygens (including phenoxy) is 3. The summed E-state index contributed by atoms with van der Waals surface area (Å²) in [6.45, 7) is 1.59. The van der Waals surface area contributed by atoms with Crippen LogP contribution in [0.2, 0.25) is 5.02 Å². The van der Waals surface area contributed by atoms with Gasteiger partial charge in [-0.1, -0.05) is 11.6 Å². The number of hydrogen-bond acceptors (Lipinski definition) is 8. The lowest BCUT2D eigenvalue weighted by Crippen LogP contribution is -2.30. The summed E-state index contributed by atoms with van der Waals surface area (Å²) in [7, 11) is -1.25. The van der Waals surface area contributed by atoms with Crippen LogP contribution in [0.3, 0.4) is 0 Å². The molecule has 3 rings (SSSR count). The molecule has 34 heavy (non-hydrogen) atoms. The fourth-order valence-corrected chi connectivity index (χ4v) is 4.39. The van der Waals surface area contributed by atoms with Gasteiger partial charge in [0.15, 0.2) is 11.9 Å². The quantitative estimate of drug-likeness (QED) is 0.393. The Labute approximate surface area is 209 Å². The average molecular weight is 572 g/mol. The normalized spacial score (nSPS) is 11.9. The van der Waals surface area contributed by atoms with Gasteiger partial charge in [0.2, 0.25) is 5.88 Å². The second-order valence-electron chi connectivity index (χ2n) is 6.74. The highest BCUT2D eigenvalue weighted by atomic mass is 79.9. The SMILES string of the molecule is COc1cc(NS(=O)(=O)c2ccc(NC(=O)C(C)Oc3ccc(Cl)cc3Br)cc2)nc(OC)n1. The van der Waals surface area contributed by atoms with Crippen molar-refractivity contribution in [1.29, 1.82) is 0 Å². The van der Waals surface area contributed by atoms with Gasteiger partial charge in [0.1, 0.15) is 5.75 Å². The molecule has 0 aliphatic rings. The van der Waals surface area contributed by atoms with E-state index >= 15 is 0 Å². The minimum atomic E-state index is -3.98. The van der Waals surface area contributed by atoms with E-state index < -0.39 is 22.0 Å². The molecule has 0 radical (unpaired) electrons. The van der Waals surface area contributed by atoms with Gasteiger partial charge in [-0.3, -0.25) is 9.52 Å². The zero-order valence-corrected chi connectivity index (χ0v) is 21.4. The van der Waals surface area contributed by atoms with E-state index in [9.17, 15) is 13.2 Å². The molecule has 0 spiro atoms. The first-order valence-electron chi connectivity index (χ1n) is 9.64. The van der Waals surface area contributed by atoms with Gasteiger partial charge in [-0.2, -0.15) is 9.97 Å². The Bertz CT molecular complexity index is 1270. The minimum absolute atomic E-state index is 0.0274. The van der Waals surface area contributed by atoms with Crippen molar-refractivity contribution in [3.8, 4) is 17.6 Å². The number of benzene rings is 2. The average Bonchev–Trinajstić information content (AvgIpc) is 2.80. The van der Waals surface area contributed by atoms with Crippen LogP contribution in [0.15, 0.2) is 57.9 Å². The van der Waals surface area contributed by atoms with E-state index in [1.807, 2.05) is 0 Å². The monoisotopic (exact) mass is 570 g/mol. The van der Waals surface area contributed by atoms with Gasteiger partial charge in [-0.15, -0.1) is 0 Å². The van der Waals surface area contributed by atoms with E-state index in [0.717, 1.165) is 0 Å². The van der Waals surface area contributed by atoms with Crippen molar-refractivity contribution in [3.63, 3.8) is 0 Å². The highest BCUT2D eigenvalue weighted by Gasteiger charge is 2.19. The fraction of sp³-hybridized carbons (Fsp3) is 0.190. The maximum atomic E-state index is 12.7. The summed E-state index contributed by atoms with van der Waals surface area (Å²) < 4.78 is 44.0. The van der Waals surface area contributed by atoms with Crippen LogP contribution < -0.4 is 24.2 Å². The standard InChI is InChI=1S/C21H20BrClN4O6S/c1-12(33-17-9-4-13(23)10-16(17)22)20(28)24-14-5-7-15(8-6-14)34(29,30)27-18-11-19(31-2)26-21(25-18)32-3/h4-12H,1-3H3,(H,24,28)(H,25,26,27). The van der Waals surface area contributed by atoms with Crippen molar-refractivity contribution in [1.82, 2.24) is 9.97 Å². The van der Waals surface area contributed by atoms with Crippen LogP contribution in [0.25, 0.3) is 0 Å². The van der Waals surface area contributed by atoms with Crippen LogP contribution in [0.1, 0.15) is 6.92 Å². The smallest absolute Gasteiger partial charge is 0.321 e. The molecule has 13 heteroatoms. The maximum Gasteiger partial charge on any atom is 0.321 e. The van der Waals surface area contributed by atoms with Gasteiger partial charge in [0, 0.05) is 16.8 Å². The molecule has 0 fully saturated rings. The van der Waals surface area contributed by atoms with Crippen LogP contribution in [-0.2, 0) is 14.8 Å². The summed E-state index contributed by atoms with van der Waals surface area (Å²) in [4.78, 5) is 20.3. The molecule has 1 aromatic heterocycles. The highest BCUT2D eigenvalue weighted by molar-refractivity contribution is 9.10. The van der Waals surface area contributed by atoms with Gasteiger partial charge in [0.05, 0.1) is 23.6 Å². The van der Waals surface area contributed by atoms with Gasteiger partial charge in [0.25, 0.3) is 15.9 Å². The molecule has 1 heterocycles. The zero-order valence-electron chi connectivity index (χ0n) is 18.2. The second-order valence-corrected chi connectivity index (χ2v) is 9.71. The topological polar surface area (TPSA) is 129 Å². The van der Waals surface area contributed by atoms with Crippen LogP contribution >= 0.6 is 27.5 Å². The maximum absolute atomic E-state index is 12.7. The van der Waals surface area contributed by atoms with E-state index in [0.29, 0.717) is 20.9 Å². The lowest BCUT2D eigenvalue weighted by atomic mass is 10.3. The van der Waals surface area contributed by atoms with E-state index in [1.54, 1.807) is 25.1 Å². The largest absolute Gasteiger partial charge is 0.481 e. The van der Waals surface area contributed by atoms with E-state index in [1.165, 1.54) is 44.6 Å². The third kappa shape index (κ3) is 6.49. The highest BCUT2D eigenvalue weighted by Crippen LogP contribution is 2.29. The number of rotatable bonds is 9. The number of amides is 1. The molecule has 0 aliphatic carbocycles. The van der Waals surface area contributed by atoms with Crippen molar-refractivity contribution < 1.29 is 27.4 Å². The van der Waals surface area contributed by atoms with Crippen molar-refractivity contribution in [3.05, 3.63) is 58.0 Å². The van der Waals surface area contributed by atoms with Gasteiger partial charge in [-0.05, 0) is 65.3 Å². The van der Waals surface area contributed by atoms with E-state index in [-0.39, 0.29) is 22.6 Å². The Morgan fingerprint density at radius 1 is 1.06 bits per heavy atom. The molecule has 0 saturated heterocycles. The van der Waals surface area contributed by atoms with Crippen molar-refractivity contribution in [2.45, 2.75) is 17.9 Å². The predicted molar refractivity (Wildman–Crippen MR) is 130 cm³/mol. The molecule has 1 atom stereocenters. The number of sulfonamides is 1. The number of carbonyl (C=O) groups is 1. The third-order valence-corrected chi connectivity index (χ3v) is 6.54. The van der Waals surface area contributed by atoms with Crippen molar-refractivity contribution in [2.75, 3.05) is 24.3 Å². The van der Waals surface area contributed by atoms with Crippen molar-refractivity contribution >= 4 is 55.0 Å². The molecule has 180 valence electrons. The Morgan fingerprint density at radius 2 is 1.76 bits per heavy atom. The zero-order chi connectivity index (χ0) is 24.9. The van der Waals surface area contributed by atoms with Crippen LogP contribution in [0.5, 0.6) is 17.6 Å². The number of carbonyl (C=O) groups excluding carboxylic acids is 1. The summed E-state index contributed by atoms with van der Waals surface area (Å²) in [6, 6.07) is 11.8. The number of halogens is 2. The van der Waals surface area contributed by atoms with Crippen LogP contribution in [0, 0.1) is 0 Å². The van der Waals surface area contributed by atoms with Gasteiger partial charge >= 0.3 is 6.01 Å². The number of nitrogens with zero attached hydrogens (tertiary/aromatic N) is 2. The minimum Gasteiger partial charge on any atom is -0.481 e. The first kappa shape index (κ1) is 25.5. The Kier molecular flexibility index (Phi) is 8.18. The van der Waals surface area contributed by atoms with Crippen LogP contribution in [-0.4, -0.2) is 44.6 Å². The van der Waals surface area contributed by atoms with Gasteiger partial charge in [-0.25, -0.2) is 8.42 Å². The first-order chi connectivity index (χ1) is 16.1. The number of methoxy groups -OCH3 is 2. The molecule has 0 bridgehead atoms. The Hall–Kier alpha value is -3.09. The summed E-state index contributed by atoms with van der Waals surface area (Å²) in [5.41, 5.74) is 0.389. The molecular weight excluding hydrogens is 552 g/mol. The van der Waals surface area contributed by atoms with Gasteiger partial charge < -0.3 is 19.5 Å². The van der Waals surface area contributed by atoms with Crippen LogP contribution in [0.4, 0.5) is 11.5 Å². The molecule has 3 aromatic rings. The van der Waals surface area contributed by atoms with E-state index in [2.05, 4.69) is 35.9 Å². The molecule has 10 nitrogen and oxygen atoms in total. The molecule has 1 unspecified atom stereocenters. The number of hydrogen-bond donors (Lipinski definition) is 2. The van der Waals surface area contributed by atoms with E-state index in [4.69, 9.17) is 25.8 Å². The number of anilines is 2. The predicted octanol–water partition coefficient (Wildman–Crippen LogP) is 4.12. The Balaban J connectivity index is 1.67. The molecule has 1 amide bonds. The summed E-state index contributed by atoms with van der Waals surface area (Å²) in [6.07, 6.45) is -0.828. The summed E-state index contributed by atoms with van der Waals surface area (Å²) >= 11 is 9.24. The third-order valence-electron chi connectivity index (χ3n) is 4.31. The Morgan fingerprint density at radius 3 is 2.38 bits per heavy atom. The lowest BCUT2D eigenvalue weighted by molar-refractivity contribution is -0.122. The molecule has 2 aromatic carbocycles. The second kappa shape index (κ2) is 10.9. The lowest BCUT2D eigenvalue weighted by Gasteiger charge is -2.16. The summed E-state index contributed by atoms with van der Waals surface area (Å²) in [5, 5.41) is 3.20. The molecular formula is C21H20BrClN4O6S. The fourth-order valence-electron chi connectivity index (χ4n) is 2.62. The molecule has 2 N–H and O–H groups in total. The number of nitrogens with one attached hydrogen (secondary N) is 2. The first-order valence-corrected chi connectivity index (χ1v) is 12.3.